The third kappa shape index (κ3) is 5.23. The summed E-state index contributed by atoms with van der Waals surface area (Å²) in [7, 11) is 0. The number of hydrogen-bond donors (Lipinski definition) is 0. The monoisotopic (exact) mass is 520 g/mol. The first kappa shape index (κ1) is 26.1. The van der Waals surface area contributed by atoms with Crippen LogP contribution in [0.2, 0.25) is 0 Å². The highest BCUT2D eigenvalue weighted by molar-refractivity contribution is 5.97. The SMILES string of the molecule is CCOc1ccccc1N1CCN(C(=O)c2c(C)c(N3CCOCC3)c(C)n2Cc2ccc(F)cc2)CC1. The molecule has 0 unspecified atom stereocenters. The summed E-state index contributed by atoms with van der Waals surface area (Å²) in [4.78, 5) is 20.7. The number of piperazine rings is 1. The van der Waals surface area contributed by atoms with Gasteiger partial charge < -0.3 is 28.7 Å². The van der Waals surface area contributed by atoms with Crippen molar-refractivity contribution in [3.05, 3.63) is 76.9 Å². The highest BCUT2D eigenvalue weighted by atomic mass is 19.1. The molecule has 5 rings (SSSR count). The molecule has 0 saturated carbocycles. The first-order chi connectivity index (χ1) is 18.5. The number of amides is 1. The zero-order valence-electron chi connectivity index (χ0n) is 22.6. The van der Waals surface area contributed by atoms with E-state index in [1.54, 1.807) is 12.1 Å². The van der Waals surface area contributed by atoms with E-state index in [1.807, 2.05) is 30.0 Å². The van der Waals surface area contributed by atoms with Crippen LogP contribution in [0.15, 0.2) is 48.5 Å². The molecule has 3 heterocycles. The average Bonchev–Trinajstić information content (AvgIpc) is 3.19. The van der Waals surface area contributed by atoms with Crippen molar-refractivity contribution in [2.75, 3.05) is 68.9 Å². The standard InChI is InChI=1S/C30H37FN4O3/c1-4-38-27-8-6-5-7-26(27)32-13-15-34(16-14-32)30(36)29-22(2)28(33-17-19-37-20-18-33)23(3)35(29)21-24-9-11-25(31)12-10-24/h5-12H,4,13-21H2,1-3H3. The van der Waals surface area contributed by atoms with Gasteiger partial charge in [-0.1, -0.05) is 24.3 Å². The molecule has 1 aromatic heterocycles. The third-order valence-corrected chi connectivity index (χ3v) is 7.58. The van der Waals surface area contributed by atoms with Crippen LogP contribution in [0.1, 0.15) is 34.2 Å². The molecule has 38 heavy (non-hydrogen) atoms. The second-order valence-corrected chi connectivity index (χ2v) is 9.90. The fourth-order valence-electron chi connectivity index (χ4n) is 5.68. The van der Waals surface area contributed by atoms with Gasteiger partial charge in [-0.05, 0) is 50.6 Å². The summed E-state index contributed by atoms with van der Waals surface area (Å²) in [6.07, 6.45) is 0. The maximum absolute atomic E-state index is 14.1. The van der Waals surface area contributed by atoms with Gasteiger partial charge in [0.1, 0.15) is 17.3 Å². The predicted molar refractivity (Wildman–Crippen MR) is 148 cm³/mol. The molecule has 0 N–H and O–H groups in total. The second kappa shape index (κ2) is 11.5. The molecule has 0 aliphatic carbocycles. The highest BCUT2D eigenvalue weighted by Crippen LogP contribution is 2.34. The molecule has 8 heteroatoms. The van der Waals surface area contributed by atoms with E-state index in [0.717, 1.165) is 65.8 Å². The fourth-order valence-corrected chi connectivity index (χ4v) is 5.68. The van der Waals surface area contributed by atoms with Crippen molar-refractivity contribution in [3.63, 3.8) is 0 Å². The molecule has 2 aliphatic rings. The van der Waals surface area contributed by atoms with Gasteiger partial charge in [0.25, 0.3) is 5.91 Å². The van der Waals surface area contributed by atoms with E-state index in [4.69, 9.17) is 9.47 Å². The van der Waals surface area contributed by atoms with Crippen molar-refractivity contribution < 1.29 is 18.7 Å². The Bertz CT molecular complexity index is 1260. The summed E-state index contributed by atoms with van der Waals surface area (Å²) in [5.74, 6) is 0.665. The smallest absolute Gasteiger partial charge is 0.270 e. The van der Waals surface area contributed by atoms with E-state index in [0.29, 0.717) is 39.5 Å². The summed E-state index contributed by atoms with van der Waals surface area (Å²) in [5, 5.41) is 0. The van der Waals surface area contributed by atoms with Crippen LogP contribution in [0.4, 0.5) is 15.8 Å². The third-order valence-electron chi connectivity index (χ3n) is 7.58. The molecule has 2 saturated heterocycles. The van der Waals surface area contributed by atoms with Crippen molar-refractivity contribution >= 4 is 17.3 Å². The van der Waals surface area contributed by atoms with Crippen LogP contribution in [0.5, 0.6) is 5.75 Å². The zero-order chi connectivity index (χ0) is 26.6. The molecule has 2 aromatic carbocycles. The number of halogens is 1. The van der Waals surface area contributed by atoms with E-state index >= 15 is 0 Å². The Labute approximate surface area is 224 Å². The van der Waals surface area contributed by atoms with Crippen molar-refractivity contribution in [3.8, 4) is 5.75 Å². The van der Waals surface area contributed by atoms with Gasteiger partial charge in [-0.25, -0.2) is 4.39 Å². The van der Waals surface area contributed by atoms with Gasteiger partial charge in [-0.3, -0.25) is 4.79 Å². The van der Waals surface area contributed by atoms with Crippen LogP contribution < -0.4 is 14.5 Å². The molecular weight excluding hydrogens is 483 g/mol. The zero-order valence-corrected chi connectivity index (χ0v) is 22.6. The van der Waals surface area contributed by atoms with E-state index in [1.165, 1.54) is 12.1 Å². The molecule has 3 aromatic rings. The number of anilines is 2. The Hall–Kier alpha value is -3.52. The van der Waals surface area contributed by atoms with Crippen molar-refractivity contribution in [2.45, 2.75) is 27.3 Å². The van der Waals surface area contributed by atoms with Gasteiger partial charge in [-0.2, -0.15) is 0 Å². The van der Waals surface area contributed by atoms with Gasteiger partial charge in [0.15, 0.2) is 0 Å². The number of carbonyl (C=O) groups excluding carboxylic acids is 1. The summed E-state index contributed by atoms with van der Waals surface area (Å²) in [5.41, 5.74) is 5.92. The molecule has 2 aliphatic heterocycles. The summed E-state index contributed by atoms with van der Waals surface area (Å²) in [6.45, 7) is 13.0. The van der Waals surface area contributed by atoms with E-state index in [2.05, 4.69) is 34.3 Å². The molecule has 0 bridgehead atoms. The Morgan fingerprint density at radius 1 is 0.921 bits per heavy atom. The Morgan fingerprint density at radius 2 is 1.61 bits per heavy atom. The van der Waals surface area contributed by atoms with E-state index in [9.17, 15) is 9.18 Å². The van der Waals surface area contributed by atoms with E-state index < -0.39 is 0 Å². The maximum Gasteiger partial charge on any atom is 0.270 e. The molecule has 0 atom stereocenters. The molecule has 7 nitrogen and oxygen atoms in total. The van der Waals surface area contributed by atoms with Crippen LogP contribution in [-0.2, 0) is 11.3 Å². The average molecular weight is 521 g/mol. The van der Waals surface area contributed by atoms with Gasteiger partial charge in [-0.15, -0.1) is 0 Å². The number of morpholine rings is 1. The maximum atomic E-state index is 14.1. The Kier molecular flexibility index (Phi) is 7.88. The number of nitrogens with zero attached hydrogens (tertiary/aromatic N) is 4. The van der Waals surface area contributed by atoms with Crippen molar-refractivity contribution in [1.82, 2.24) is 9.47 Å². The lowest BCUT2D eigenvalue weighted by Gasteiger charge is -2.37. The quantitative estimate of drug-likeness (QED) is 0.460. The summed E-state index contributed by atoms with van der Waals surface area (Å²) >= 11 is 0. The van der Waals surface area contributed by atoms with Gasteiger partial charge >= 0.3 is 0 Å². The van der Waals surface area contributed by atoms with Gasteiger partial charge in [0, 0.05) is 57.1 Å². The molecule has 202 valence electrons. The molecule has 0 radical (unpaired) electrons. The predicted octanol–water partition coefficient (Wildman–Crippen LogP) is 4.49. The first-order valence-corrected chi connectivity index (χ1v) is 13.5. The van der Waals surface area contributed by atoms with Crippen LogP contribution in [0.25, 0.3) is 0 Å². The minimum absolute atomic E-state index is 0.0463. The number of hydrogen-bond acceptors (Lipinski definition) is 5. The Balaban J connectivity index is 1.42. The van der Waals surface area contributed by atoms with Crippen molar-refractivity contribution in [1.29, 1.82) is 0 Å². The lowest BCUT2D eigenvalue weighted by atomic mass is 10.1. The molecular formula is C30H37FN4O3. The summed E-state index contributed by atoms with van der Waals surface area (Å²) in [6, 6.07) is 14.6. The van der Waals surface area contributed by atoms with Crippen LogP contribution in [0.3, 0.4) is 0 Å². The fraction of sp³-hybridized carbons (Fsp3) is 0.433. The van der Waals surface area contributed by atoms with Crippen LogP contribution in [0, 0.1) is 19.7 Å². The minimum Gasteiger partial charge on any atom is -0.492 e. The first-order valence-electron chi connectivity index (χ1n) is 13.5. The number of aromatic nitrogens is 1. The highest BCUT2D eigenvalue weighted by Gasteiger charge is 2.31. The number of para-hydroxylation sites is 2. The molecule has 0 spiro atoms. The lowest BCUT2D eigenvalue weighted by molar-refractivity contribution is 0.0735. The second-order valence-electron chi connectivity index (χ2n) is 9.90. The number of ether oxygens (including phenoxy) is 2. The normalized spacial score (nSPS) is 16.2. The van der Waals surface area contributed by atoms with Crippen LogP contribution >= 0.6 is 0 Å². The summed E-state index contributed by atoms with van der Waals surface area (Å²) < 4.78 is 27.1. The largest absolute Gasteiger partial charge is 0.492 e. The topological polar surface area (TPSA) is 50.2 Å². The van der Waals surface area contributed by atoms with Gasteiger partial charge in [0.2, 0.25) is 0 Å². The molecule has 1 amide bonds. The van der Waals surface area contributed by atoms with Gasteiger partial charge in [0.05, 0.1) is 31.2 Å². The number of benzene rings is 2. The minimum atomic E-state index is -0.261. The number of rotatable bonds is 7. The lowest BCUT2D eigenvalue weighted by Crippen LogP contribution is -2.49. The van der Waals surface area contributed by atoms with Crippen LogP contribution in [-0.4, -0.2) is 74.5 Å². The van der Waals surface area contributed by atoms with E-state index in [-0.39, 0.29) is 11.7 Å². The number of carbonyl (C=O) groups is 1. The Morgan fingerprint density at radius 3 is 2.29 bits per heavy atom. The van der Waals surface area contributed by atoms with Crippen molar-refractivity contribution in [2.24, 2.45) is 0 Å². The molecule has 2 fully saturated rings.